The number of aromatic nitrogens is 3. The SMILES string of the molecule is COCCNC(=O)c1cc(-c2ccccc2)nc2c1cnn2Cc1ccccc1. The van der Waals surface area contributed by atoms with Gasteiger partial charge in [0.15, 0.2) is 5.65 Å². The predicted octanol–water partition coefficient (Wildman–Crippen LogP) is 3.52. The van der Waals surface area contributed by atoms with E-state index in [2.05, 4.69) is 10.4 Å². The Bertz CT molecular complexity index is 1110. The van der Waals surface area contributed by atoms with Crippen molar-refractivity contribution in [1.29, 1.82) is 0 Å². The normalized spacial score (nSPS) is 10.9. The number of nitrogens with one attached hydrogen (secondary N) is 1. The Morgan fingerprint density at radius 1 is 1.07 bits per heavy atom. The second-order valence-corrected chi connectivity index (χ2v) is 6.69. The summed E-state index contributed by atoms with van der Waals surface area (Å²) in [6.45, 7) is 1.48. The molecule has 29 heavy (non-hydrogen) atoms. The molecule has 0 aliphatic heterocycles. The predicted molar refractivity (Wildman–Crippen MR) is 113 cm³/mol. The van der Waals surface area contributed by atoms with Crippen molar-refractivity contribution < 1.29 is 9.53 Å². The number of pyridine rings is 1. The fraction of sp³-hybridized carbons (Fsp3) is 0.174. The summed E-state index contributed by atoms with van der Waals surface area (Å²) in [7, 11) is 1.61. The first-order chi connectivity index (χ1) is 14.3. The van der Waals surface area contributed by atoms with E-state index in [0.717, 1.165) is 22.2 Å². The molecule has 1 amide bonds. The fourth-order valence-electron chi connectivity index (χ4n) is 3.23. The zero-order chi connectivity index (χ0) is 20.1. The highest BCUT2D eigenvalue weighted by Crippen LogP contribution is 2.25. The molecule has 0 fully saturated rings. The Morgan fingerprint density at radius 3 is 2.52 bits per heavy atom. The lowest BCUT2D eigenvalue weighted by Crippen LogP contribution is -2.27. The molecule has 0 unspecified atom stereocenters. The maximum atomic E-state index is 12.9. The minimum absolute atomic E-state index is 0.161. The molecule has 0 saturated heterocycles. The van der Waals surface area contributed by atoms with Gasteiger partial charge in [-0.2, -0.15) is 5.10 Å². The summed E-state index contributed by atoms with van der Waals surface area (Å²) in [4.78, 5) is 17.7. The van der Waals surface area contributed by atoms with Gasteiger partial charge in [0, 0.05) is 19.2 Å². The number of carbonyl (C=O) groups excluding carboxylic acids is 1. The summed E-state index contributed by atoms with van der Waals surface area (Å²) in [5.41, 5.74) is 4.06. The summed E-state index contributed by atoms with van der Waals surface area (Å²) < 4.78 is 6.87. The molecule has 6 heteroatoms. The van der Waals surface area contributed by atoms with Crippen LogP contribution in [0, 0.1) is 0 Å². The summed E-state index contributed by atoms with van der Waals surface area (Å²) in [6.07, 6.45) is 1.71. The van der Waals surface area contributed by atoms with Crippen LogP contribution in [0.1, 0.15) is 15.9 Å². The third-order valence-corrected chi connectivity index (χ3v) is 4.69. The summed E-state index contributed by atoms with van der Waals surface area (Å²) >= 11 is 0. The second-order valence-electron chi connectivity index (χ2n) is 6.69. The van der Waals surface area contributed by atoms with Gasteiger partial charge in [-0.1, -0.05) is 60.7 Å². The Labute approximate surface area is 169 Å². The molecule has 4 aromatic rings. The lowest BCUT2D eigenvalue weighted by Gasteiger charge is -2.10. The lowest BCUT2D eigenvalue weighted by molar-refractivity contribution is 0.0938. The van der Waals surface area contributed by atoms with Crippen molar-refractivity contribution in [2.45, 2.75) is 6.54 Å². The molecule has 0 saturated carbocycles. The van der Waals surface area contributed by atoms with Crippen molar-refractivity contribution in [3.05, 3.63) is 84.1 Å². The molecule has 0 bridgehead atoms. The molecule has 146 valence electrons. The van der Waals surface area contributed by atoms with E-state index in [1.54, 1.807) is 13.3 Å². The van der Waals surface area contributed by atoms with Gasteiger partial charge >= 0.3 is 0 Å². The highest BCUT2D eigenvalue weighted by Gasteiger charge is 2.17. The van der Waals surface area contributed by atoms with Crippen LogP contribution in [0.3, 0.4) is 0 Å². The molecule has 0 aliphatic rings. The Balaban J connectivity index is 1.79. The summed E-state index contributed by atoms with van der Waals surface area (Å²) in [5, 5.41) is 8.15. The van der Waals surface area contributed by atoms with E-state index in [1.807, 2.05) is 71.4 Å². The molecule has 2 aromatic heterocycles. The topological polar surface area (TPSA) is 69.0 Å². The van der Waals surface area contributed by atoms with Crippen LogP contribution in [0.2, 0.25) is 0 Å². The van der Waals surface area contributed by atoms with E-state index in [9.17, 15) is 4.79 Å². The van der Waals surface area contributed by atoms with Crippen LogP contribution in [0.4, 0.5) is 0 Å². The van der Waals surface area contributed by atoms with Crippen LogP contribution in [-0.2, 0) is 11.3 Å². The van der Waals surface area contributed by atoms with E-state index in [0.29, 0.717) is 30.9 Å². The van der Waals surface area contributed by atoms with Crippen LogP contribution in [0.5, 0.6) is 0 Å². The highest BCUT2D eigenvalue weighted by molar-refractivity contribution is 6.06. The molecule has 0 aliphatic carbocycles. The van der Waals surface area contributed by atoms with E-state index in [1.165, 1.54) is 0 Å². The summed E-state index contributed by atoms with van der Waals surface area (Å²) in [5.74, 6) is -0.161. The number of amides is 1. The van der Waals surface area contributed by atoms with Gasteiger partial charge in [0.2, 0.25) is 0 Å². The number of fused-ring (bicyclic) bond motifs is 1. The van der Waals surface area contributed by atoms with E-state index in [-0.39, 0.29) is 5.91 Å². The third-order valence-electron chi connectivity index (χ3n) is 4.69. The highest BCUT2D eigenvalue weighted by atomic mass is 16.5. The van der Waals surface area contributed by atoms with Gasteiger partial charge in [0.1, 0.15) is 0 Å². The maximum Gasteiger partial charge on any atom is 0.252 e. The zero-order valence-electron chi connectivity index (χ0n) is 16.2. The number of nitrogens with zero attached hydrogens (tertiary/aromatic N) is 3. The molecule has 1 N–H and O–H groups in total. The monoisotopic (exact) mass is 386 g/mol. The molecular formula is C23H22N4O2. The van der Waals surface area contributed by atoms with Gasteiger partial charge in [-0.15, -0.1) is 0 Å². The van der Waals surface area contributed by atoms with Crippen LogP contribution in [0.25, 0.3) is 22.3 Å². The van der Waals surface area contributed by atoms with Gasteiger partial charge in [-0.05, 0) is 11.6 Å². The lowest BCUT2D eigenvalue weighted by atomic mass is 10.1. The quantitative estimate of drug-likeness (QED) is 0.494. The van der Waals surface area contributed by atoms with Gasteiger partial charge in [0.05, 0.1) is 36.0 Å². The van der Waals surface area contributed by atoms with Crippen LogP contribution >= 0.6 is 0 Å². The van der Waals surface area contributed by atoms with E-state index < -0.39 is 0 Å². The van der Waals surface area contributed by atoms with E-state index >= 15 is 0 Å². The van der Waals surface area contributed by atoms with Gasteiger partial charge < -0.3 is 10.1 Å². The summed E-state index contributed by atoms with van der Waals surface area (Å²) in [6, 6.07) is 21.8. The van der Waals surface area contributed by atoms with Gasteiger partial charge in [-0.3, -0.25) is 4.79 Å². The van der Waals surface area contributed by atoms with Crippen molar-refractivity contribution in [1.82, 2.24) is 20.1 Å². The number of hydrogen-bond donors (Lipinski definition) is 1. The molecular weight excluding hydrogens is 364 g/mol. The van der Waals surface area contributed by atoms with E-state index in [4.69, 9.17) is 9.72 Å². The van der Waals surface area contributed by atoms with Gasteiger partial charge in [-0.25, -0.2) is 9.67 Å². The molecule has 2 aromatic carbocycles. The average molecular weight is 386 g/mol. The van der Waals surface area contributed by atoms with Crippen molar-refractivity contribution in [3.8, 4) is 11.3 Å². The van der Waals surface area contributed by atoms with Crippen LogP contribution in [-0.4, -0.2) is 40.9 Å². The number of hydrogen-bond acceptors (Lipinski definition) is 4. The first-order valence-electron chi connectivity index (χ1n) is 9.49. The fourth-order valence-corrected chi connectivity index (χ4v) is 3.23. The zero-order valence-corrected chi connectivity index (χ0v) is 16.2. The number of ether oxygens (including phenoxy) is 1. The molecule has 4 rings (SSSR count). The van der Waals surface area contributed by atoms with Crippen LogP contribution in [0.15, 0.2) is 72.9 Å². The maximum absolute atomic E-state index is 12.9. The minimum Gasteiger partial charge on any atom is -0.383 e. The van der Waals surface area contributed by atoms with Crippen LogP contribution < -0.4 is 5.32 Å². The Kier molecular flexibility index (Phi) is 5.63. The molecule has 0 atom stereocenters. The van der Waals surface area contributed by atoms with Gasteiger partial charge in [0.25, 0.3) is 5.91 Å². The van der Waals surface area contributed by atoms with Crippen molar-refractivity contribution in [3.63, 3.8) is 0 Å². The first kappa shape index (κ1) is 18.8. The number of carbonyl (C=O) groups is 1. The average Bonchev–Trinajstić information content (AvgIpc) is 3.17. The van der Waals surface area contributed by atoms with Crippen molar-refractivity contribution in [2.24, 2.45) is 0 Å². The molecule has 0 radical (unpaired) electrons. The standard InChI is InChI=1S/C23H22N4O2/c1-29-13-12-24-23(28)19-14-21(18-10-6-3-7-11-18)26-22-20(19)15-25-27(22)16-17-8-4-2-5-9-17/h2-11,14-15H,12-13,16H2,1H3,(H,24,28). The Morgan fingerprint density at radius 2 is 1.79 bits per heavy atom. The van der Waals surface area contributed by atoms with Crippen molar-refractivity contribution in [2.75, 3.05) is 20.3 Å². The second kappa shape index (κ2) is 8.67. The minimum atomic E-state index is -0.161. The Hall–Kier alpha value is -3.51. The smallest absolute Gasteiger partial charge is 0.252 e. The molecule has 2 heterocycles. The van der Waals surface area contributed by atoms with Crippen molar-refractivity contribution >= 4 is 16.9 Å². The first-order valence-corrected chi connectivity index (χ1v) is 9.49. The number of benzene rings is 2. The largest absolute Gasteiger partial charge is 0.383 e. The molecule has 6 nitrogen and oxygen atoms in total. The number of rotatable bonds is 7. The molecule has 0 spiro atoms. The number of methoxy groups -OCH3 is 1. The third kappa shape index (κ3) is 4.17.